The molecule has 1 amide bonds. The van der Waals surface area contributed by atoms with E-state index in [0.717, 1.165) is 45.7 Å². The number of sulfone groups is 1. The number of amides is 1. The lowest BCUT2D eigenvalue weighted by molar-refractivity contribution is -0.132. The fraction of sp³-hybridized carbons (Fsp3) is 0.522. The lowest BCUT2D eigenvalue weighted by Crippen LogP contribution is -2.48. The fourth-order valence-corrected chi connectivity index (χ4v) is 7.15. The summed E-state index contributed by atoms with van der Waals surface area (Å²) in [6.45, 7) is 5.74. The van der Waals surface area contributed by atoms with Crippen molar-refractivity contribution in [3.8, 4) is 0 Å². The molecule has 0 unspecified atom stereocenters. The van der Waals surface area contributed by atoms with E-state index in [-0.39, 0.29) is 23.1 Å². The molecule has 2 aliphatic rings. The predicted molar refractivity (Wildman–Crippen MR) is 145 cm³/mol. The highest BCUT2D eigenvalue weighted by Crippen LogP contribution is 2.30. The Morgan fingerprint density at radius 1 is 1.24 bits per heavy atom. The van der Waals surface area contributed by atoms with Crippen molar-refractivity contribution in [1.29, 1.82) is 0 Å². The minimum Gasteiger partial charge on any atom is -0.340 e. The van der Waals surface area contributed by atoms with Crippen molar-refractivity contribution in [2.24, 2.45) is 17.0 Å². The van der Waals surface area contributed by atoms with Gasteiger partial charge in [-0.2, -0.15) is 0 Å². The van der Waals surface area contributed by atoms with Gasteiger partial charge in [-0.25, -0.2) is 13.4 Å². The predicted octanol–water partition coefficient (Wildman–Crippen LogP) is 2.60. The molecule has 1 aromatic carbocycles. The Hall–Kier alpha value is -1.57. The fourth-order valence-electron chi connectivity index (χ4n) is 4.27. The SMILES string of the molecule is C/N=c1\sc(CN2CCN(C(=O)CCS(=O)(=O)C3=Nc4ccc(CI)cc4C3)CC2)c(C)n1C. The minimum absolute atomic E-state index is 0.00205. The number of nitrogens with zero attached hydrogens (tertiary/aromatic N) is 5. The van der Waals surface area contributed by atoms with Crippen LogP contribution in [0, 0.1) is 6.92 Å². The number of hydrogen-bond donors (Lipinski definition) is 0. The molecule has 0 atom stereocenters. The summed E-state index contributed by atoms with van der Waals surface area (Å²) in [6.07, 6.45) is 0.319. The zero-order valence-electron chi connectivity index (χ0n) is 19.8. The number of fused-ring (bicyclic) bond motifs is 1. The Morgan fingerprint density at radius 2 is 1.97 bits per heavy atom. The summed E-state index contributed by atoms with van der Waals surface area (Å²) in [4.78, 5) is 27.8. The van der Waals surface area contributed by atoms with Crippen molar-refractivity contribution in [3.63, 3.8) is 0 Å². The van der Waals surface area contributed by atoms with Gasteiger partial charge in [-0.05, 0) is 24.1 Å². The average Bonchev–Trinajstić information content (AvgIpc) is 3.39. The van der Waals surface area contributed by atoms with Crippen LogP contribution in [0.3, 0.4) is 0 Å². The van der Waals surface area contributed by atoms with Crippen LogP contribution in [0.4, 0.5) is 5.69 Å². The molecule has 1 saturated heterocycles. The Labute approximate surface area is 218 Å². The zero-order chi connectivity index (χ0) is 24.5. The largest absolute Gasteiger partial charge is 0.340 e. The molecule has 2 aliphatic heterocycles. The number of rotatable bonds is 6. The molecule has 4 rings (SSSR count). The Balaban J connectivity index is 1.28. The van der Waals surface area contributed by atoms with Crippen LogP contribution in [-0.4, -0.2) is 72.7 Å². The molecule has 0 bridgehead atoms. The number of benzene rings is 1. The maximum absolute atomic E-state index is 12.9. The van der Waals surface area contributed by atoms with E-state index < -0.39 is 9.84 Å². The number of aliphatic imine (C=N–C) groups is 1. The van der Waals surface area contributed by atoms with Gasteiger partial charge in [0, 0.05) is 74.7 Å². The first-order chi connectivity index (χ1) is 16.2. The summed E-state index contributed by atoms with van der Waals surface area (Å²) in [5.41, 5.74) is 4.05. The van der Waals surface area contributed by atoms with Gasteiger partial charge in [-0.15, -0.1) is 11.3 Å². The van der Waals surface area contributed by atoms with Crippen molar-refractivity contribution in [2.75, 3.05) is 39.0 Å². The molecule has 1 aromatic heterocycles. The number of hydrogen-bond acceptors (Lipinski definition) is 7. The van der Waals surface area contributed by atoms with Crippen LogP contribution in [0.15, 0.2) is 28.2 Å². The summed E-state index contributed by atoms with van der Waals surface area (Å²) in [5.74, 6) is -0.288. The van der Waals surface area contributed by atoms with E-state index in [1.165, 1.54) is 10.6 Å². The van der Waals surface area contributed by atoms with E-state index in [1.54, 1.807) is 23.3 Å². The van der Waals surface area contributed by atoms with Crippen LogP contribution in [0.25, 0.3) is 0 Å². The minimum atomic E-state index is -3.56. The summed E-state index contributed by atoms with van der Waals surface area (Å²) in [6, 6.07) is 5.88. The summed E-state index contributed by atoms with van der Waals surface area (Å²) in [5, 5.41) is 0.184. The number of thiazole rings is 1. The van der Waals surface area contributed by atoms with Gasteiger partial charge in [0.1, 0.15) is 5.04 Å². The van der Waals surface area contributed by atoms with Gasteiger partial charge < -0.3 is 9.47 Å². The summed E-state index contributed by atoms with van der Waals surface area (Å²) >= 11 is 3.99. The van der Waals surface area contributed by atoms with Gasteiger partial charge in [0.15, 0.2) is 14.6 Å². The van der Waals surface area contributed by atoms with Crippen LogP contribution in [-0.2, 0) is 39.1 Å². The lowest BCUT2D eigenvalue weighted by atomic mass is 10.1. The van der Waals surface area contributed by atoms with Crippen LogP contribution in [0.1, 0.15) is 28.1 Å². The third-order valence-corrected chi connectivity index (χ3v) is 10.4. The lowest BCUT2D eigenvalue weighted by Gasteiger charge is -2.34. The molecule has 34 heavy (non-hydrogen) atoms. The van der Waals surface area contributed by atoms with E-state index in [4.69, 9.17) is 0 Å². The highest BCUT2D eigenvalue weighted by atomic mass is 127. The third kappa shape index (κ3) is 5.47. The molecule has 3 heterocycles. The van der Waals surface area contributed by atoms with Crippen LogP contribution in [0.5, 0.6) is 0 Å². The van der Waals surface area contributed by atoms with E-state index in [0.29, 0.717) is 19.5 Å². The van der Waals surface area contributed by atoms with Crippen molar-refractivity contribution in [1.82, 2.24) is 14.4 Å². The first kappa shape index (κ1) is 25.5. The maximum Gasteiger partial charge on any atom is 0.223 e. The first-order valence-corrected chi connectivity index (χ1v) is 15.3. The van der Waals surface area contributed by atoms with E-state index in [2.05, 4.69) is 49.0 Å². The molecule has 11 heteroatoms. The van der Waals surface area contributed by atoms with Crippen molar-refractivity contribution in [3.05, 3.63) is 44.7 Å². The number of piperazine rings is 1. The summed E-state index contributed by atoms with van der Waals surface area (Å²) in [7, 11) is 0.272. The standard InChI is InChI=1S/C23H30IN5O3S2/c1-16-20(33-23(25-2)27(16)3)15-28-7-9-29(10-8-28)22(30)6-11-34(31,32)21-13-18-12-17(14-24)4-5-19(18)26-21/h4-5,12H,6-11,13-15H2,1-3H3/b25-23-. The van der Waals surface area contributed by atoms with Gasteiger partial charge in [0.05, 0.1) is 11.4 Å². The Kier molecular flexibility index (Phi) is 7.95. The zero-order valence-corrected chi connectivity index (χ0v) is 23.5. The van der Waals surface area contributed by atoms with Crippen molar-refractivity contribution >= 4 is 60.4 Å². The van der Waals surface area contributed by atoms with E-state index >= 15 is 0 Å². The summed E-state index contributed by atoms with van der Waals surface area (Å²) < 4.78 is 28.7. The van der Waals surface area contributed by atoms with Gasteiger partial charge in [-0.1, -0.05) is 34.7 Å². The molecule has 0 N–H and O–H groups in total. The monoisotopic (exact) mass is 615 g/mol. The number of carbonyl (C=O) groups excluding carboxylic acids is 1. The Bertz CT molecular complexity index is 1290. The molecule has 1 fully saturated rings. The van der Waals surface area contributed by atoms with Gasteiger partial charge in [0.2, 0.25) is 5.91 Å². The van der Waals surface area contributed by atoms with E-state index in [9.17, 15) is 13.2 Å². The quantitative estimate of drug-likeness (QED) is 0.370. The average molecular weight is 616 g/mol. The number of carbonyl (C=O) groups is 1. The topological polar surface area (TPSA) is 87.3 Å². The Morgan fingerprint density at radius 3 is 2.62 bits per heavy atom. The molecule has 0 saturated carbocycles. The van der Waals surface area contributed by atoms with Gasteiger partial charge in [0.25, 0.3) is 0 Å². The highest BCUT2D eigenvalue weighted by molar-refractivity contribution is 14.1. The molecular weight excluding hydrogens is 585 g/mol. The molecule has 0 spiro atoms. The maximum atomic E-state index is 12.9. The second-order valence-corrected chi connectivity index (χ2v) is 12.6. The molecule has 0 radical (unpaired) electrons. The van der Waals surface area contributed by atoms with Crippen molar-refractivity contribution in [2.45, 2.75) is 30.7 Å². The highest BCUT2D eigenvalue weighted by Gasteiger charge is 2.29. The smallest absolute Gasteiger partial charge is 0.223 e. The number of aromatic nitrogens is 1. The molecule has 2 aromatic rings. The van der Waals surface area contributed by atoms with Crippen molar-refractivity contribution < 1.29 is 13.2 Å². The van der Waals surface area contributed by atoms with Gasteiger partial charge in [-0.3, -0.25) is 14.7 Å². The van der Waals surface area contributed by atoms with Crippen LogP contribution < -0.4 is 4.80 Å². The number of halogens is 1. The normalized spacial score (nSPS) is 17.2. The van der Waals surface area contributed by atoms with Crippen LogP contribution in [0.2, 0.25) is 0 Å². The van der Waals surface area contributed by atoms with Crippen LogP contribution >= 0.6 is 33.9 Å². The van der Waals surface area contributed by atoms with Gasteiger partial charge >= 0.3 is 0 Å². The second-order valence-electron chi connectivity index (χ2n) is 8.68. The first-order valence-electron chi connectivity index (χ1n) is 11.3. The third-order valence-electron chi connectivity index (χ3n) is 6.52. The molecule has 0 aliphatic carbocycles. The second kappa shape index (κ2) is 10.6. The molecular formula is C23H30IN5O3S2. The molecule has 8 nitrogen and oxygen atoms in total. The van der Waals surface area contributed by atoms with E-state index in [1.807, 2.05) is 25.2 Å². The molecule has 184 valence electrons. The number of alkyl halides is 1.